The molecule has 0 aromatic rings. The van der Waals surface area contributed by atoms with Gasteiger partial charge in [0, 0.05) is 25.8 Å². The van der Waals surface area contributed by atoms with E-state index < -0.39 is 0 Å². The molecule has 1 saturated carbocycles. The zero-order valence-electron chi connectivity index (χ0n) is 16.4. The first-order valence-electron chi connectivity index (χ1n) is 10.1. The van der Waals surface area contributed by atoms with E-state index in [1.54, 1.807) is 0 Å². The van der Waals surface area contributed by atoms with E-state index in [2.05, 4.69) is 31.4 Å². The van der Waals surface area contributed by atoms with Crippen molar-refractivity contribution in [3.63, 3.8) is 0 Å². The highest BCUT2D eigenvalue weighted by molar-refractivity contribution is 5.81. The van der Waals surface area contributed by atoms with Crippen LogP contribution in [0.1, 0.15) is 65.7 Å². The number of amides is 2. The first kappa shape index (κ1) is 19.6. The van der Waals surface area contributed by atoms with E-state index in [1.807, 2.05) is 0 Å². The molecule has 0 aromatic heterocycles. The van der Waals surface area contributed by atoms with Gasteiger partial charge in [0.2, 0.25) is 11.8 Å². The molecule has 0 unspecified atom stereocenters. The third kappa shape index (κ3) is 4.97. The van der Waals surface area contributed by atoms with Crippen LogP contribution in [0.4, 0.5) is 0 Å². The van der Waals surface area contributed by atoms with Gasteiger partial charge in [0.25, 0.3) is 0 Å². The fourth-order valence-corrected chi connectivity index (χ4v) is 5.15. The molecule has 3 rings (SSSR count). The van der Waals surface area contributed by atoms with Crippen LogP contribution >= 0.6 is 0 Å². The lowest BCUT2D eigenvalue weighted by Crippen LogP contribution is -2.52. The maximum absolute atomic E-state index is 12.5. The monoisotopic (exact) mass is 366 g/mol. The van der Waals surface area contributed by atoms with Gasteiger partial charge >= 0.3 is 0 Å². The molecular formula is C20H34N2O4. The van der Waals surface area contributed by atoms with Crippen LogP contribution in [-0.4, -0.2) is 49.8 Å². The molecule has 0 radical (unpaired) electrons. The molecule has 26 heavy (non-hydrogen) atoms. The standard InChI is InChI=1S/C20H34N2O4/c1-19(2)10-14(22-18(24)16-7-5-9-26-16)11-20(3,12-19)13-21-17(23)15-6-4-8-25-15/h14-16H,4-13H2,1-3H3,(H,21,23)(H,22,24)/t14-,15+,16-,20-/m1/s1. The van der Waals surface area contributed by atoms with Gasteiger partial charge < -0.3 is 20.1 Å². The van der Waals surface area contributed by atoms with Gasteiger partial charge in [-0.25, -0.2) is 0 Å². The summed E-state index contributed by atoms with van der Waals surface area (Å²) in [5, 5.41) is 6.31. The van der Waals surface area contributed by atoms with E-state index >= 15 is 0 Å². The zero-order valence-corrected chi connectivity index (χ0v) is 16.4. The third-order valence-electron chi connectivity index (χ3n) is 5.92. The minimum atomic E-state index is -0.287. The van der Waals surface area contributed by atoms with Gasteiger partial charge in [0.15, 0.2) is 0 Å². The third-order valence-corrected chi connectivity index (χ3v) is 5.92. The summed E-state index contributed by atoms with van der Waals surface area (Å²) in [6.07, 6.45) is 5.83. The van der Waals surface area contributed by atoms with Gasteiger partial charge in [-0.2, -0.15) is 0 Å². The Morgan fingerprint density at radius 1 is 0.962 bits per heavy atom. The van der Waals surface area contributed by atoms with E-state index in [1.165, 1.54) is 0 Å². The Morgan fingerprint density at radius 2 is 1.58 bits per heavy atom. The molecule has 2 aliphatic heterocycles. The molecule has 2 saturated heterocycles. The number of rotatable bonds is 5. The average molecular weight is 367 g/mol. The molecule has 0 aromatic carbocycles. The van der Waals surface area contributed by atoms with Crippen molar-refractivity contribution in [3.05, 3.63) is 0 Å². The fourth-order valence-electron chi connectivity index (χ4n) is 5.15. The summed E-state index contributed by atoms with van der Waals surface area (Å²) < 4.78 is 11.0. The van der Waals surface area contributed by atoms with Gasteiger partial charge in [0.05, 0.1) is 0 Å². The molecule has 6 heteroatoms. The molecule has 3 aliphatic rings. The van der Waals surface area contributed by atoms with Crippen LogP contribution in [0.25, 0.3) is 0 Å². The lowest BCUT2D eigenvalue weighted by atomic mass is 9.62. The van der Waals surface area contributed by atoms with E-state index in [9.17, 15) is 9.59 Å². The molecule has 2 amide bonds. The summed E-state index contributed by atoms with van der Waals surface area (Å²) in [6, 6.07) is 0.125. The molecule has 0 spiro atoms. The second-order valence-electron chi connectivity index (χ2n) is 9.49. The van der Waals surface area contributed by atoms with E-state index in [4.69, 9.17) is 9.47 Å². The topological polar surface area (TPSA) is 76.7 Å². The number of ether oxygens (including phenoxy) is 2. The first-order valence-corrected chi connectivity index (χ1v) is 10.1. The first-order chi connectivity index (χ1) is 12.3. The van der Waals surface area contributed by atoms with E-state index in [0.717, 1.165) is 44.9 Å². The van der Waals surface area contributed by atoms with Crippen molar-refractivity contribution in [1.29, 1.82) is 0 Å². The van der Waals surface area contributed by atoms with Crippen molar-refractivity contribution in [3.8, 4) is 0 Å². The highest BCUT2D eigenvalue weighted by Crippen LogP contribution is 2.45. The zero-order chi connectivity index (χ0) is 18.8. The van der Waals surface area contributed by atoms with Gasteiger partial charge in [-0.1, -0.05) is 20.8 Å². The van der Waals surface area contributed by atoms with Crippen LogP contribution in [0.15, 0.2) is 0 Å². The predicted octanol–water partition coefficient (Wildman–Crippen LogP) is 2.16. The number of carbonyl (C=O) groups excluding carboxylic acids is 2. The number of hydrogen-bond donors (Lipinski definition) is 2. The molecule has 0 bridgehead atoms. The normalized spacial score (nSPS) is 36.7. The lowest BCUT2D eigenvalue weighted by molar-refractivity contribution is -0.133. The van der Waals surface area contributed by atoms with E-state index in [0.29, 0.717) is 19.8 Å². The van der Waals surface area contributed by atoms with Crippen molar-refractivity contribution in [1.82, 2.24) is 10.6 Å². The maximum atomic E-state index is 12.5. The molecule has 2 heterocycles. The highest BCUT2D eigenvalue weighted by atomic mass is 16.5. The summed E-state index contributed by atoms with van der Waals surface area (Å²) in [7, 11) is 0. The molecule has 1 aliphatic carbocycles. The van der Waals surface area contributed by atoms with E-state index in [-0.39, 0.29) is 40.9 Å². The Bertz CT molecular complexity index is 524. The molecule has 148 valence electrons. The quantitative estimate of drug-likeness (QED) is 0.782. The van der Waals surface area contributed by atoms with Crippen molar-refractivity contribution in [2.45, 2.75) is 84.0 Å². The Kier molecular flexibility index (Phi) is 5.92. The molecular weight excluding hydrogens is 332 g/mol. The Hall–Kier alpha value is -1.14. The fraction of sp³-hybridized carbons (Fsp3) is 0.900. The van der Waals surface area contributed by atoms with Crippen LogP contribution in [0, 0.1) is 10.8 Å². The average Bonchev–Trinajstić information content (AvgIpc) is 3.23. The molecule has 6 nitrogen and oxygen atoms in total. The Morgan fingerprint density at radius 3 is 2.15 bits per heavy atom. The minimum absolute atomic E-state index is 0.00652. The second kappa shape index (κ2) is 7.85. The number of carbonyl (C=O) groups is 2. The molecule has 3 fully saturated rings. The Balaban J connectivity index is 1.56. The van der Waals surface area contributed by atoms with Crippen LogP contribution in [-0.2, 0) is 19.1 Å². The van der Waals surface area contributed by atoms with Gasteiger partial charge in [0.1, 0.15) is 12.2 Å². The van der Waals surface area contributed by atoms with Gasteiger partial charge in [-0.05, 0) is 55.8 Å². The summed E-state index contributed by atoms with van der Waals surface area (Å²) in [5.41, 5.74) is 0.0839. The van der Waals surface area contributed by atoms with Crippen LogP contribution in [0.3, 0.4) is 0 Å². The predicted molar refractivity (Wildman–Crippen MR) is 98.6 cm³/mol. The van der Waals surface area contributed by atoms with Crippen molar-refractivity contribution < 1.29 is 19.1 Å². The molecule has 4 atom stereocenters. The smallest absolute Gasteiger partial charge is 0.249 e. The van der Waals surface area contributed by atoms with Crippen molar-refractivity contribution in [2.75, 3.05) is 19.8 Å². The SMILES string of the molecule is CC1(C)C[C@@H](NC(=O)[C@H]2CCCO2)C[C@@](C)(CNC(=O)[C@@H]2CCCO2)C1. The summed E-state index contributed by atoms with van der Waals surface area (Å²) in [5.74, 6) is 0.0305. The maximum Gasteiger partial charge on any atom is 0.249 e. The molecule has 2 N–H and O–H groups in total. The van der Waals surface area contributed by atoms with Crippen LogP contribution < -0.4 is 10.6 Å². The Labute approximate surface area is 156 Å². The largest absolute Gasteiger partial charge is 0.368 e. The lowest BCUT2D eigenvalue weighted by Gasteiger charge is -2.47. The summed E-state index contributed by atoms with van der Waals surface area (Å²) in [6.45, 7) is 8.70. The van der Waals surface area contributed by atoms with Crippen molar-refractivity contribution in [2.24, 2.45) is 10.8 Å². The minimum Gasteiger partial charge on any atom is -0.368 e. The van der Waals surface area contributed by atoms with Crippen LogP contribution in [0.5, 0.6) is 0 Å². The van der Waals surface area contributed by atoms with Gasteiger partial charge in [-0.15, -0.1) is 0 Å². The summed E-state index contributed by atoms with van der Waals surface area (Å²) in [4.78, 5) is 24.8. The number of hydrogen-bond acceptors (Lipinski definition) is 4. The summed E-state index contributed by atoms with van der Waals surface area (Å²) >= 11 is 0. The van der Waals surface area contributed by atoms with Crippen molar-refractivity contribution >= 4 is 11.8 Å². The second-order valence-corrected chi connectivity index (χ2v) is 9.49. The number of nitrogens with one attached hydrogen (secondary N) is 2. The highest BCUT2D eigenvalue weighted by Gasteiger charge is 2.42. The van der Waals surface area contributed by atoms with Gasteiger partial charge in [-0.3, -0.25) is 9.59 Å². The van der Waals surface area contributed by atoms with Crippen LogP contribution in [0.2, 0.25) is 0 Å².